The van der Waals surface area contributed by atoms with Gasteiger partial charge >= 0.3 is 5.97 Å². The van der Waals surface area contributed by atoms with Gasteiger partial charge in [-0.1, -0.05) is 39.0 Å². The topological polar surface area (TPSA) is 37.3 Å². The highest BCUT2D eigenvalue weighted by Gasteiger charge is 2.18. The van der Waals surface area contributed by atoms with Crippen molar-refractivity contribution in [3.63, 3.8) is 0 Å². The Balaban J connectivity index is 4.36. The van der Waals surface area contributed by atoms with E-state index in [1.54, 1.807) is 6.08 Å². The van der Waals surface area contributed by atoms with Gasteiger partial charge in [-0.05, 0) is 24.7 Å². The average molecular weight is 196 g/mol. The number of hydrogen-bond acceptors (Lipinski definition) is 1. The molecule has 0 aliphatic heterocycles. The molecule has 0 aromatic rings. The fourth-order valence-electron chi connectivity index (χ4n) is 1.50. The van der Waals surface area contributed by atoms with Gasteiger partial charge in [0.25, 0.3) is 0 Å². The Morgan fingerprint density at radius 2 is 1.64 bits per heavy atom. The highest BCUT2D eigenvalue weighted by molar-refractivity contribution is 5.80. The van der Waals surface area contributed by atoms with Crippen LogP contribution in [-0.4, -0.2) is 11.1 Å². The van der Waals surface area contributed by atoms with Crippen molar-refractivity contribution in [2.75, 3.05) is 0 Å². The molecule has 80 valence electrons. The quantitative estimate of drug-likeness (QED) is 0.522. The molecule has 0 atom stereocenters. The SMILES string of the molecule is CCC(/C=C/C=C/C(=O)O)(CC)CC. The largest absolute Gasteiger partial charge is 0.478 e. The molecule has 0 fully saturated rings. The van der Waals surface area contributed by atoms with E-state index in [4.69, 9.17) is 5.11 Å². The van der Waals surface area contributed by atoms with Gasteiger partial charge in [0.1, 0.15) is 0 Å². The summed E-state index contributed by atoms with van der Waals surface area (Å²) in [5.41, 5.74) is 0.239. The standard InChI is InChI=1S/C12H20O2/c1-4-12(5-2,6-3)10-8-7-9-11(13)14/h7-10H,4-6H2,1-3H3,(H,13,14)/b9-7+,10-8+. The van der Waals surface area contributed by atoms with Gasteiger partial charge in [-0.3, -0.25) is 0 Å². The van der Waals surface area contributed by atoms with Crippen molar-refractivity contribution in [2.45, 2.75) is 40.0 Å². The molecular formula is C12H20O2. The maximum Gasteiger partial charge on any atom is 0.328 e. The van der Waals surface area contributed by atoms with Crippen LogP contribution in [0, 0.1) is 5.41 Å². The lowest BCUT2D eigenvalue weighted by molar-refractivity contribution is -0.131. The van der Waals surface area contributed by atoms with Gasteiger partial charge < -0.3 is 5.11 Å². The van der Waals surface area contributed by atoms with Crippen LogP contribution >= 0.6 is 0 Å². The zero-order valence-corrected chi connectivity index (χ0v) is 9.29. The Morgan fingerprint density at radius 3 is 2.00 bits per heavy atom. The number of aliphatic carboxylic acids is 1. The van der Waals surface area contributed by atoms with Crippen LogP contribution < -0.4 is 0 Å². The first-order chi connectivity index (χ1) is 6.60. The van der Waals surface area contributed by atoms with Crippen molar-refractivity contribution in [1.82, 2.24) is 0 Å². The van der Waals surface area contributed by atoms with Crippen LogP contribution in [0.3, 0.4) is 0 Å². The van der Waals surface area contributed by atoms with Crippen LogP contribution in [-0.2, 0) is 4.79 Å². The summed E-state index contributed by atoms with van der Waals surface area (Å²) in [5.74, 6) is -0.898. The predicted octanol–water partition coefficient (Wildman–Crippen LogP) is 3.40. The first kappa shape index (κ1) is 12.9. The van der Waals surface area contributed by atoms with Gasteiger partial charge in [0.15, 0.2) is 0 Å². The third kappa shape index (κ3) is 4.26. The number of carboxylic acids is 1. The number of carboxylic acid groups (broad SMARTS) is 1. The summed E-state index contributed by atoms with van der Waals surface area (Å²) in [5, 5.41) is 8.39. The summed E-state index contributed by atoms with van der Waals surface area (Å²) in [6.07, 6.45) is 9.98. The summed E-state index contributed by atoms with van der Waals surface area (Å²) in [7, 11) is 0. The lowest BCUT2D eigenvalue weighted by Gasteiger charge is -2.25. The molecule has 0 unspecified atom stereocenters. The van der Waals surface area contributed by atoms with Crippen molar-refractivity contribution in [3.05, 3.63) is 24.3 Å². The molecule has 0 aliphatic rings. The molecule has 0 aromatic heterocycles. The van der Waals surface area contributed by atoms with Gasteiger partial charge in [-0.15, -0.1) is 0 Å². The first-order valence-corrected chi connectivity index (χ1v) is 5.19. The van der Waals surface area contributed by atoms with E-state index >= 15 is 0 Å². The van der Waals surface area contributed by atoms with E-state index in [1.807, 2.05) is 6.08 Å². The van der Waals surface area contributed by atoms with E-state index in [0.29, 0.717) is 0 Å². The van der Waals surface area contributed by atoms with Gasteiger partial charge in [-0.25, -0.2) is 4.79 Å². The zero-order valence-electron chi connectivity index (χ0n) is 9.29. The lowest BCUT2D eigenvalue weighted by atomic mass is 9.79. The van der Waals surface area contributed by atoms with Crippen LogP contribution in [0.5, 0.6) is 0 Å². The molecule has 2 heteroatoms. The van der Waals surface area contributed by atoms with Crippen molar-refractivity contribution in [3.8, 4) is 0 Å². The molecule has 0 bridgehead atoms. The lowest BCUT2D eigenvalue weighted by Crippen LogP contribution is -2.13. The van der Waals surface area contributed by atoms with Gasteiger partial charge in [0.05, 0.1) is 0 Å². The number of carbonyl (C=O) groups is 1. The summed E-state index contributed by atoms with van der Waals surface area (Å²) in [6, 6.07) is 0. The average Bonchev–Trinajstić information content (AvgIpc) is 2.19. The Labute approximate surface area is 86.3 Å². The van der Waals surface area contributed by atoms with Gasteiger partial charge in [0.2, 0.25) is 0 Å². The molecule has 0 aromatic carbocycles. The smallest absolute Gasteiger partial charge is 0.328 e. The highest BCUT2D eigenvalue weighted by atomic mass is 16.4. The number of hydrogen-bond donors (Lipinski definition) is 1. The molecule has 1 N–H and O–H groups in total. The minimum atomic E-state index is -0.898. The van der Waals surface area contributed by atoms with Crippen molar-refractivity contribution in [2.24, 2.45) is 5.41 Å². The highest BCUT2D eigenvalue weighted by Crippen LogP contribution is 2.31. The molecule has 2 nitrogen and oxygen atoms in total. The Hall–Kier alpha value is -1.05. The maximum absolute atomic E-state index is 10.2. The summed E-state index contributed by atoms with van der Waals surface area (Å²) in [4.78, 5) is 10.2. The Morgan fingerprint density at radius 1 is 1.14 bits per heavy atom. The van der Waals surface area contributed by atoms with Crippen molar-refractivity contribution >= 4 is 5.97 Å². The second-order valence-corrected chi connectivity index (χ2v) is 3.48. The van der Waals surface area contributed by atoms with E-state index in [0.717, 1.165) is 25.3 Å². The second-order valence-electron chi connectivity index (χ2n) is 3.48. The molecule has 0 radical (unpaired) electrons. The van der Waals surface area contributed by atoms with Gasteiger partial charge in [0, 0.05) is 6.08 Å². The molecule has 0 saturated heterocycles. The maximum atomic E-state index is 10.2. The fourth-order valence-corrected chi connectivity index (χ4v) is 1.50. The normalized spacial score (nSPS) is 12.8. The first-order valence-electron chi connectivity index (χ1n) is 5.19. The Kier molecular flexibility index (Phi) is 5.93. The molecule has 0 saturated carbocycles. The molecule has 0 rings (SSSR count). The molecular weight excluding hydrogens is 176 g/mol. The second kappa shape index (κ2) is 6.41. The van der Waals surface area contributed by atoms with E-state index in [-0.39, 0.29) is 5.41 Å². The van der Waals surface area contributed by atoms with E-state index in [2.05, 4.69) is 26.8 Å². The predicted molar refractivity (Wildman–Crippen MR) is 59.2 cm³/mol. The van der Waals surface area contributed by atoms with E-state index < -0.39 is 5.97 Å². The van der Waals surface area contributed by atoms with Crippen molar-refractivity contribution in [1.29, 1.82) is 0 Å². The van der Waals surface area contributed by atoms with Crippen LogP contribution in [0.25, 0.3) is 0 Å². The van der Waals surface area contributed by atoms with Crippen LogP contribution in [0.15, 0.2) is 24.3 Å². The summed E-state index contributed by atoms with van der Waals surface area (Å²) < 4.78 is 0. The van der Waals surface area contributed by atoms with Crippen LogP contribution in [0.4, 0.5) is 0 Å². The third-order valence-electron chi connectivity index (χ3n) is 2.91. The number of allylic oxidation sites excluding steroid dienone is 3. The molecule has 0 amide bonds. The number of rotatable bonds is 6. The van der Waals surface area contributed by atoms with Crippen LogP contribution in [0.2, 0.25) is 0 Å². The molecule has 0 spiro atoms. The monoisotopic (exact) mass is 196 g/mol. The minimum absolute atomic E-state index is 0.239. The third-order valence-corrected chi connectivity index (χ3v) is 2.91. The van der Waals surface area contributed by atoms with Crippen molar-refractivity contribution < 1.29 is 9.90 Å². The molecule has 0 heterocycles. The molecule has 0 aliphatic carbocycles. The van der Waals surface area contributed by atoms with E-state index in [9.17, 15) is 4.79 Å². The summed E-state index contributed by atoms with van der Waals surface area (Å²) >= 11 is 0. The Bertz CT molecular complexity index is 214. The fraction of sp³-hybridized carbons (Fsp3) is 0.583. The zero-order chi connectivity index (χ0) is 11.0. The molecule has 14 heavy (non-hydrogen) atoms. The van der Waals surface area contributed by atoms with Crippen LogP contribution in [0.1, 0.15) is 40.0 Å². The summed E-state index contributed by atoms with van der Waals surface area (Å²) in [6.45, 7) is 6.49. The van der Waals surface area contributed by atoms with E-state index in [1.165, 1.54) is 0 Å². The minimum Gasteiger partial charge on any atom is -0.478 e. The van der Waals surface area contributed by atoms with Gasteiger partial charge in [-0.2, -0.15) is 0 Å².